The van der Waals surface area contributed by atoms with Crippen molar-refractivity contribution in [3.8, 4) is 11.5 Å². The molecule has 1 atom stereocenters. The molecule has 0 saturated heterocycles. The van der Waals surface area contributed by atoms with E-state index >= 15 is 0 Å². The third-order valence-corrected chi connectivity index (χ3v) is 7.30. The maximum absolute atomic E-state index is 13.0. The van der Waals surface area contributed by atoms with E-state index in [1.54, 1.807) is 18.2 Å². The normalized spacial score (nSPS) is 13.8. The van der Waals surface area contributed by atoms with E-state index < -0.39 is 31.4 Å². The molecular weight excluding hydrogens is 482 g/mol. The minimum atomic E-state index is -5.05. The van der Waals surface area contributed by atoms with Crippen LogP contribution < -0.4 is 0 Å². The zero-order valence-corrected chi connectivity index (χ0v) is 18.1. The number of phenolic OH excluding ortho intramolecular Hbond substituents is 2. The Labute approximate surface area is 186 Å². The summed E-state index contributed by atoms with van der Waals surface area (Å²) < 4.78 is 34.0. The summed E-state index contributed by atoms with van der Waals surface area (Å²) in [6.45, 7) is 0. The summed E-state index contributed by atoms with van der Waals surface area (Å²) >= 11 is 24.7. The Bertz CT molecular complexity index is 1190. The third-order valence-electron chi connectivity index (χ3n) is 4.43. The molecule has 5 nitrogen and oxygen atoms in total. The fourth-order valence-corrected chi connectivity index (χ4v) is 5.61. The second-order valence-corrected chi connectivity index (χ2v) is 9.23. The molecule has 3 aromatic rings. The highest BCUT2D eigenvalue weighted by Gasteiger charge is 2.51. The van der Waals surface area contributed by atoms with Crippen molar-refractivity contribution in [2.24, 2.45) is 0 Å². The van der Waals surface area contributed by atoms with Crippen LogP contribution in [0.25, 0.3) is 0 Å². The predicted octanol–water partition coefficient (Wildman–Crippen LogP) is 5.89. The van der Waals surface area contributed by atoms with E-state index in [2.05, 4.69) is 0 Å². The first kappa shape index (κ1) is 22.0. The smallest absolute Gasteiger partial charge is 0.283 e. The number of phenols is 2. The van der Waals surface area contributed by atoms with Crippen LogP contribution in [-0.4, -0.2) is 23.2 Å². The van der Waals surface area contributed by atoms with Crippen molar-refractivity contribution in [3.63, 3.8) is 0 Å². The van der Waals surface area contributed by atoms with Crippen LogP contribution in [0.1, 0.15) is 16.7 Å². The van der Waals surface area contributed by atoms with Crippen LogP contribution in [0, 0.1) is 0 Å². The maximum Gasteiger partial charge on any atom is 0.283 e. The van der Waals surface area contributed by atoms with Gasteiger partial charge in [0.15, 0.2) is 16.2 Å². The van der Waals surface area contributed by atoms with Gasteiger partial charge in [-0.1, -0.05) is 82.8 Å². The van der Waals surface area contributed by atoms with Gasteiger partial charge in [-0.05, 0) is 23.8 Å². The van der Waals surface area contributed by atoms with E-state index in [-0.39, 0.29) is 31.8 Å². The highest BCUT2D eigenvalue weighted by molar-refractivity contribution is 7.87. The van der Waals surface area contributed by atoms with Crippen molar-refractivity contribution >= 4 is 56.5 Å². The lowest BCUT2D eigenvalue weighted by Gasteiger charge is -2.34. The highest BCUT2D eigenvalue weighted by atomic mass is 35.5. The summed E-state index contributed by atoms with van der Waals surface area (Å²) in [5, 5.41) is 19.3. The van der Waals surface area contributed by atoms with Crippen LogP contribution in [0.4, 0.5) is 0 Å². The van der Waals surface area contributed by atoms with Crippen molar-refractivity contribution in [2.45, 2.75) is 4.75 Å². The Morgan fingerprint density at radius 2 is 1.34 bits per heavy atom. The number of hydrogen-bond acceptors (Lipinski definition) is 4. The Kier molecular flexibility index (Phi) is 5.98. The average Bonchev–Trinajstić information content (AvgIpc) is 2.65. The van der Waals surface area contributed by atoms with Gasteiger partial charge in [0, 0.05) is 16.1 Å². The zero-order chi connectivity index (χ0) is 21.6. The molecule has 0 aliphatic rings. The van der Waals surface area contributed by atoms with Crippen LogP contribution >= 0.6 is 46.4 Å². The van der Waals surface area contributed by atoms with E-state index in [1.807, 2.05) is 0 Å². The number of benzene rings is 3. The fraction of sp³-hybridized carbons (Fsp3) is 0.0526. The van der Waals surface area contributed by atoms with Gasteiger partial charge >= 0.3 is 0 Å². The highest BCUT2D eigenvalue weighted by Crippen LogP contribution is 2.52. The van der Waals surface area contributed by atoms with Crippen molar-refractivity contribution in [1.29, 1.82) is 0 Å². The monoisotopic (exact) mass is 492 g/mol. The molecule has 29 heavy (non-hydrogen) atoms. The van der Waals surface area contributed by atoms with Crippen molar-refractivity contribution in [2.75, 3.05) is 0 Å². The zero-order valence-electron chi connectivity index (χ0n) is 14.3. The minimum absolute atomic E-state index is 0.0193. The summed E-state index contributed by atoms with van der Waals surface area (Å²) in [6, 6.07) is 12.3. The topological polar surface area (TPSA) is 94.8 Å². The second-order valence-electron chi connectivity index (χ2n) is 6.06. The average molecular weight is 494 g/mol. The maximum atomic E-state index is 13.0. The minimum Gasteiger partial charge on any atom is -0.504 e. The molecule has 0 aliphatic carbocycles. The Hall–Kier alpha value is -1.67. The van der Waals surface area contributed by atoms with Crippen molar-refractivity contribution < 1.29 is 23.2 Å². The van der Waals surface area contributed by atoms with Gasteiger partial charge in [0.05, 0.1) is 15.1 Å². The van der Waals surface area contributed by atoms with E-state index in [4.69, 9.17) is 46.4 Å². The van der Waals surface area contributed by atoms with Crippen LogP contribution in [0.5, 0.6) is 11.5 Å². The summed E-state index contributed by atoms with van der Waals surface area (Å²) in [4.78, 5) is 0. The van der Waals surface area contributed by atoms with Gasteiger partial charge in [0.1, 0.15) is 0 Å². The van der Waals surface area contributed by atoms with Crippen LogP contribution in [-0.2, 0) is 14.9 Å². The molecule has 3 N–H and O–H groups in total. The molecular formula is C19H12Cl4O5S. The molecule has 0 aromatic heterocycles. The van der Waals surface area contributed by atoms with Crippen LogP contribution in [0.3, 0.4) is 0 Å². The largest absolute Gasteiger partial charge is 0.504 e. The van der Waals surface area contributed by atoms with Crippen LogP contribution in [0.2, 0.25) is 20.1 Å². The molecule has 3 rings (SSSR count). The van der Waals surface area contributed by atoms with Gasteiger partial charge in [-0.2, -0.15) is 8.42 Å². The Morgan fingerprint density at radius 3 is 1.93 bits per heavy atom. The lowest BCUT2D eigenvalue weighted by atomic mass is 9.83. The Balaban J connectivity index is 2.62. The lowest BCUT2D eigenvalue weighted by molar-refractivity contribution is 0.402. The molecule has 0 heterocycles. The molecule has 0 aliphatic heterocycles. The molecule has 0 radical (unpaired) electrons. The molecule has 0 amide bonds. The quantitative estimate of drug-likeness (QED) is 0.182. The van der Waals surface area contributed by atoms with Gasteiger partial charge in [-0.15, -0.1) is 0 Å². The third kappa shape index (κ3) is 3.54. The molecule has 152 valence electrons. The molecule has 3 aromatic carbocycles. The predicted molar refractivity (Wildman–Crippen MR) is 114 cm³/mol. The standard InChI is InChI=1S/C19H12Cl4O5S/c20-13-9-15(22)14(21)8-12(13)19(29(26,27)28,10-4-2-1-3-5-10)11-6-7-16(24)18(25)17(11)23/h1-9,24-25H,(H,26,27,28). The number of halogens is 4. The molecule has 10 heteroatoms. The van der Waals surface area contributed by atoms with Gasteiger partial charge in [0.25, 0.3) is 10.1 Å². The first-order valence-electron chi connectivity index (χ1n) is 7.90. The number of hydrogen-bond donors (Lipinski definition) is 3. The molecule has 0 fully saturated rings. The van der Waals surface area contributed by atoms with Gasteiger partial charge in [-0.3, -0.25) is 4.55 Å². The summed E-state index contributed by atoms with van der Waals surface area (Å²) in [7, 11) is -5.05. The van der Waals surface area contributed by atoms with Crippen molar-refractivity contribution in [1.82, 2.24) is 0 Å². The SMILES string of the molecule is O=S(=O)(O)C(c1ccccc1)(c1cc(Cl)c(Cl)cc1Cl)c1ccc(O)c(O)c1Cl. The van der Waals surface area contributed by atoms with E-state index in [9.17, 15) is 23.2 Å². The molecule has 1 unspecified atom stereocenters. The molecule has 0 spiro atoms. The lowest BCUT2D eigenvalue weighted by Crippen LogP contribution is -2.38. The molecule has 0 bridgehead atoms. The first-order valence-corrected chi connectivity index (χ1v) is 10.9. The van der Waals surface area contributed by atoms with Crippen molar-refractivity contribution in [3.05, 3.63) is 91.4 Å². The number of aromatic hydroxyl groups is 2. The summed E-state index contributed by atoms with van der Waals surface area (Å²) in [5.74, 6) is -1.33. The summed E-state index contributed by atoms with van der Waals surface area (Å²) in [6.07, 6.45) is 0. The van der Waals surface area contributed by atoms with Gasteiger partial charge in [0.2, 0.25) is 0 Å². The van der Waals surface area contributed by atoms with Crippen LogP contribution in [0.15, 0.2) is 54.6 Å². The van der Waals surface area contributed by atoms with Gasteiger partial charge in [-0.25, -0.2) is 0 Å². The van der Waals surface area contributed by atoms with E-state index in [0.717, 1.165) is 12.1 Å². The van der Waals surface area contributed by atoms with E-state index in [0.29, 0.717) is 0 Å². The Morgan fingerprint density at radius 1 is 0.759 bits per heavy atom. The fourth-order valence-electron chi connectivity index (χ4n) is 3.17. The van der Waals surface area contributed by atoms with Gasteiger partial charge < -0.3 is 10.2 Å². The summed E-state index contributed by atoms with van der Waals surface area (Å²) in [5.41, 5.74) is -0.326. The first-order chi connectivity index (χ1) is 13.5. The van der Waals surface area contributed by atoms with E-state index in [1.165, 1.54) is 24.3 Å². The second kappa shape index (κ2) is 7.87. The molecule has 0 saturated carbocycles. The number of rotatable bonds is 4.